The second-order valence-corrected chi connectivity index (χ2v) is 7.73. The summed E-state index contributed by atoms with van der Waals surface area (Å²) in [4.78, 5) is 27.8. The van der Waals surface area contributed by atoms with E-state index in [2.05, 4.69) is 25.2 Å². The van der Waals surface area contributed by atoms with Crippen LogP contribution < -0.4 is 15.0 Å². The Morgan fingerprint density at radius 2 is 2.14 bits per heavy atom. The van der Waals surface area contributed by atoms with Crippen molar-refractivity contribution in [1.29, 1.82) is 0 Å². The Labute approximate surface area is 163 Å². The number of hydrogen-bond donors (Lipinski definition) is 1. The van der Waals surface area contributed by atoms with Crippen molar-refractivity contribution in [2.75, 3.05) is 31.6 Å². The average molecular weight is 381 g/mol. The highest BCUT2D eigenvalue weighted by Crippen LogP contribution is 2.54. The van der Waals surface area contributed by atoms with Crippen LogP contribution in [-0.4, -0.2) is 59.3 Å². The first-order chi connectivity index (χ1) is 13.7. The molecule has 2 bridgehead atoms. The van der Waals surface area contributed by atoms with Gasteiger partial charge in [0.1, 0.15) is 5.56 Å². The molecule has 8 heteroatoms. The van der Waals surface area contributed by atoms with Crippen LogP contribution >= 0.6 is 0 Å². The normalized spacial score (nSPS) is 30.3. The summed E-state index contributed by atoms with van der Waals surface area (Å²) >= 11 is 0. The van der Waals surface area contributed by atoms with Crippen LogP contribution in [0, 0.1) is 11.8 Å². The quantitative estimate of drug-likeness (QED) is 0.835. The molecule has 0 unspecified atom stereocenters. The van der Waals surface area contributed by atoms with Crippen molar-refractivity contribution < 1.29 is 14.3 Å². The molecule has 2 aromatic rings. The second-order valence-electron chi connectivity index (χ2n) is 7.73. The van der Waals surface area contributed by atoms with E-state index in [0.29, 0.717) is 23.9 Å². The first kappa shape index (κ1) is 17.4. The van der Waals surface area contributed by atoms with Crippen molar-refractivity contribution >= 4 is 11.9 Å². The maximum atomic E-state index is 12.7. The maximum absolute atomic E-state index is 12.7. The van der Waals surface area contributed by atoms with Gasteiger partial charge in [-0.2, -0.15) is 0 Å². The van der Waals surface area contributed by atoms with E-state index in [0.717, 1.165) is 31.9 Å². The van der Waals surface area contributed by atoms with Crippen molar-refractivity contribution in [3.05, 3.63) is 42.4 Å². The molecule has 3 fully saturated rings. The monoisotopic (exact) mass is 381 g/mol. The number of pyridine rings is 1. The van der Waals surface area contributed by atoms with Crippen LogP contribution in [0.25, 0.3) is 0 Å². The number of nitrogens with zero attached hydrogens (tertiary/aromatic N) is 4. The number of rotatable bonds is 5. The Bertz CT molecular complexity index is 879. The van der Waals surface area contributed by atoms with E-state index in [9.17, 15) is 4.79 Å². The van der Waals surface area contributed by atoms with Crippen molar-refractivity contribution in [2.24, 2.45) is 11.8 Å². The Kier molecular flexibility index (Phi) is 4.16. The third kappa shape index (κ3) is 2.71. The predicted octanol–water partition coefficient (Wildman–Crippen LogP) is 1.29. The molecule has 1 spiro atoms. The third-order valence-electron chi connectivity index (χ3n) is 6.33. The zero-order valence-corrected chi connectivity index (χ0v) is 15.7. The summed E-state index contributed by atoms with van der Waals surface area (Å²) in [7, 11) is 1.52. The summed E-state index contributed by atoms with van der Waals surface area (Å²) in [6.07, 6.45) is 7.46. The van der Waals surface area contributed by atoms with Crippen molar-refractivity contribution in [3.8, 4) is 5.88 Å². The molecule has 5 rings (SSSR count). The molecule has 2 aromatic heterocycles. The summed E-state index contributed by atoms with van der Waals surface area (Å²) in [6.45, 7) is 2.26. The highest BCUT2D eigenvalue weighted by atomic mass is 16.5. The molecule has 0 aromatic carbocycles. The van der Waals surface area contributed by atoms with Gasteiger partial charge in [-0.3, -0.25) is 4.79 Å². The number of carbonyl (C=O) groups is 1. The lowest BCUT2D eigenvalue weighted by molar-refractivity contribution is 0.0141. The van der Waals surface area contributed by atoms with E-state index in [-0.39, 0.29) is 23.5 Å². The van der Waals surface area contributed by atoms with Gasteiger partial charge in [-0.05, 0) is 31.0 Å². The summed E-state index contributed by atoms with van der Waals surface area (Å²) in [5.74, 6) is 1.58. The van der Waals surface area contributed by atoms with Gasteiger partial charge in [-0.1, -0.05) is 0 Å². The molecule has 3 aliphatic heterocycles. The molecule has 0 radical (unpaired) electrons. The lowest BCUT2D eigenvalue weighted by atomic mass is 9.73. The molecule has 4 atom stereocenters. The maximum Gasteiger partial charge on any atom is 0.256 e. The zero-order valence-electron chi connectivity index (χ0n) is 15.7. The summed E-state index contributed by atoms with van der Waals surface area (Å²) in [5.41, 5.74) is 0.320. The Morgan fingerprint density at radius 1 is 1.32 bits per heavy atom. The van der Waals surface area contributed by atoms with Gasteiger partial charge >= 0.3 is 0 Å². The van der Waals surface area contributed by atoms with Crippen LogP contribution in [0.3, 0.4) is 0 Å². The van der Waals surface area contributed by atoms with Gasteiger partial charge < -0.3 is 19.7 Å². The SMILES string of the molecule is COc1ncccc1C(=O)NC[C@H]1[C@H]2CN(c3ncccn3)C[C@]23CC[C@H]1O3. The lowest BCUT2D eigenvalue weighted by Gasteiger charge is -2.29. The fraction of sp³-hybridized carbons (Fsp3) is 0.500. The number of anilines is 1. The molecule has 3 saturated heterocycles. The van der Waals surface area contributed by atoms with Crippen LogP contribution in [0.2, 0.25) is 0 Å². The summed E-state index contributed by atoms with van der Waals surface area (Å²) in [6, 6.07) is 5.29. The number of carbonyl (C=O) groups excluding carboxylic acids is 1. The first-order valence-electron chi connectivity index (χ1n) is 9.67. The number of ether oxygens (including phenoxy) is 2. The van der Waals surface area contributed by atoms with E-state index < -0.39 is 0 Å². The number of aromatic nitrogens is 3. The number of amides is 1. The third-order valence-corrected chi connectivity index (χ3v) is 6.33. The van der Waals surface area contributed by atoms with Crippen molar-refractivity contribution in [2.45, 2.75) is 24.5 Å². The predicted molar refractivity (Wildman–Crippen MR) is 101 cm³/mol. The van der Waals surface area contributed by atoms with Gasteiger partial charge in [0.15, 0.2) is 0 Å². The number of nitrogens with one attached hydrogen (secondary N) is 1. The molecule has 8 nitrogen and oxygen atoms in total. The molecule has 0 aliphatic carbocycles. The molecule has 1 N–H and O–H groups in total. The first-order valence-corrected chi connectivity index (χ1v) is 9.67. The molecule has 3 aliphatic rings. The van der Waals surface area contributed by atoms with Gasteiger partial charge in [0.2, 0.25) is 11.8 Å². The minimum Gasteiger partial charge on any atom is -0.480 e. The highest BCUT2D eigenvalue weighted by molar-refractivity contribution is 5.96. The Hall–Kier alpha value is -2.74. The van der Waals surface area contributed by atoms with Crippen LogP contribution in [0.1, 0.15) is 23.2 Å². The van der Waals surface area contributed by atoms with E-state index in [1.165, 1.54) is 7.11 Å². The zero-order chi connectivity index (χ0) is 19.1. The van der Waals surface area contributed by atoms with Gasteiger partial charge in [0.05, 0.1) is 25.4 Å². The number of fused-ring (bicyclic) bond motifs is 1. The van der Waals surface area contributed by atoms with E-state index in [4.69, 9.17) is 9.47 Å². The molecule has 28 heavy (non-hydrogen) atoms. The van der Waals surface area contributed by atoms with Gasteiger partial charge in [-0.15, -0.1) is 0 Å². The van der Waals surface area contributed by atoms with Gasteiger partial charge in [0.25, 0.3) is 5.91 Å². The summed E-state index contributed by atoms with van der Waals surface area (Å²) < 4.78 is 11.6. The van der Waals surface area contributed by atoms with Crippen LogP contribution in [-0.2, 0) is 4.74 Å². The number of methoxy groups -OCH3 is 1. The van der Waals surface area contributed by atoms with Crippen LogP contribution in [0.4, 0.5) is 5.95 Å². The Balaban J connectivity index is 1.30. The molecule has 146 valence electrons. The molecule has 1 amide bonds. The average Bonchev–Trinajstić information content (AvgIpc) is 3.41. The van der Waals surface area contributed by atoms with E-state index >= 15 is 0 Å². The topological polar surface area (TPSA) is 89.5 Å². The van der Waals surface area contributed by atoms with Crippen molar-refractivity contribution in [1.82, 2.24) is 20.3 Å². The number of hydrogen-bond acceptors (Lipinski definition) is 7. The standard InChI is InChI=1S/C20H23N5O3/c1-27-18-13(4-2-7-21-18)17(26)24-10-14-15-11-25(19-22-8-3-9-23-19)12-20(15)6-5-16(14)28-20/h2-4,7-9,14-16H,5-6,10-12H2,1H3,(H,24,26)/t14-,15+,16+,20+/m0/s1. The molecule has 5 heterocycles. The van der Waals surface area contributed by atoms with Crippen LogP contribution in [0.15, 0.2) is 36.8 Å². The minimum atomic E-state index is -0.164. The molecular weight excluding hydrogens is 358 g/mol. The summed E-state index contributed by atoms with van der Waals surface area (Å²) in [5, 5.41) is 3.08. The fourth-order valence-corrected chi connectivity index (χ4v) is 5.10. The highest BCUT2D eigenvalue weighted by Gasteiger charge is 2.63. The minimum absolute atomic E-state index is 0.134. The second kappa shape index (κ2) is 6.70. The molecular formula is C20H23N5O3. The smallest absolute Gasteiger partial charge is 0.256 e. The van der Waals surface area contributed by atoms with Crippen LogP contribution in [0.5, 0.6) is 5.88 Å². The Morgan fingerprint density at radius 3 is 2.96 bits per heavy atom. The lowest BCUT2D eigenvalue weighted by Crippen LogP contribution is -2.42. The van der Waals surface area contributed by atoms with Crippen molar-refractivity contribution in [3.63, 3.8) is 0 Å². The van der Waals surface area contributed by atoms with Gasteiger partial charge in [-0.25, -0.2) is 15.0 Å². The van der Waals surface area contributed by atoms with E-state index in [1.54, 1.807) is 30.7 Å². The molecule has 0 saturated carbocycles. The fourth-order valence-electron chi connectivity index (χ4n) is 5.10. The van der Waals surface area contributed by atoms with Gasteiger partial charge in [0, 0.05) is 43.5 Å². The van der Waals surface area contributed by atoms with E-state index in [1.807, 2.05) is 6.07 Å². The largest absolute Gasteiger partial charge is 0.480 e.